The van der Waals surface area contributed by atoms with Crippen LogP contribution in [0.2, 0.25) is 0 Å². The lowest BCUT2D eigenvalue weighted by atomic mass is 9.85. The minimum absolute atomic E-state index is 0.0840. The Balaban J connectivity index is 1.14. The molecule has 1 aliphatic carbocycles. The Hall–Kier alpha value is -6.55. The number of nitrogens with two attached hydrogens (primary N) is 1. The van der Waals surface area contributed by atoms with Crippen LogP contribution in [0.25, 0.3) is 60.9 Å². The van der Waals surface area contributed by atoms with Crippen molar-refractivity contribution in [3.05, 3.63) is 175 Å². The van der Waals surface area contributed by atoms with Crippen molar-refractivity contribution in [1.29, 1.82) is 5.41 Å². The molecular formula is C46H37N6+. The van der Waals surface area contributed by atoms with Crippen LogP contribution in [0.3, 0.4) is 0 Å². The summed E-state index contributed by atoms with van der Waals surface area (Å²) in [7, 11) is 2.03. The van der Waals surface area contributed by atoms with Crippen LogP contribution < -0.4 is 5.32 Å². The van der Waals surface area contributed by atoms with Gasteiger partial charge >= 0.3 is 0 Å². The standard InChI is InChI=1S/C46H36N6/c1-30-28-42-37(25-27-50(42)32-16-7-4-8-17-32)44-43(30)36-19-10-12-22-40(36)51(44)33-23-24-41-38(29-33)35-18-9-11-21-39(35)52(41)46(47)49(2)45-34(20-13-26-48-45)31-14-5-3-6-15-31/h3-11,13-21,23-27,29-30,45,47-48H,28H2,1-2H3/p+1. The van der Waals surface area contributed by atoms with Gasteiger partial charge in [-0.05, 0) is 96.3 Å². The van der Waals surface area contributed by atoms with Gasteiger partial charge < -0.3 is 9.13 Å². The highest BCUT2D eigenvalue weighted by Gasteiger charge is 2.33. The molecule has 6 nitrogen and oxygen atoms in total. The number of hydrogen-bond acceptors (Lipinski definition) is 1. The second-order valence-electron chi connectivity index (χ2n) is 13.9. The van der Waals surface area contributed by atoms with Gasteiger partial charge in [0.15, 0.2) is 6.17 Å². The van der Waals surface area contributed by atoms with Gasteiger partial charge in [0.05, 0.1) is 22.9 Å². The minimum atomic E-state index is -0.0840. The third-order valence-corrected chi connectivity index (χ3v) is 11.0. The Morgan fingerprint density at radius 1 is 0.827 bits per heavy atom. The number of benzene rings is 4. The van der Waals surface area contributed by atoms with Crippen molar-refractivity contribution in [2.75, 3.05) is 7.05 Å². The highest BCUT2D eigenvalue weighted by molar-refractivity contribution is 6.14. The molecular weight excluding hydrogens is 637 g/mol. The summed E-state index contributed by atoms with van der Waals surface area (Å²) in [5.41, 5.74) is 12.8. The van der Waals surface area contributed by atoms with E-state index in [1.807, 2.05) is 19.2 Å². The van der Waals surface area contributed by atoms with E-state index in [0.29, 0.717) is 11.9 Å². The molecule has 10 rings (SSSR count). The first-order chi connectivity index (χ1) is 25.6. The number of nitrogens with one attached hydrogen (secondary N) is 1. The van der Waals surface area contributed by atoms with E-state index >= 15 is 0 Å². The van der Waals surface area contributed by atoms with Gasteiger partial charge in [0.2, 0.25) is 5.96 Å². The zero-order valence-corrected chi connectivity index (χ0v) is 29.1. The van der Waals surface area contributed by atoms with Gasteiger partial charge in [0.25, 0.3) is 0 Å². The summed E-state index contributed by atoms with van der Waals surface area (Å²) in [4.78, 5) is 2.07. The van der Waals surface area contributed by atoms with Crippen molar-refractivity contribution < 1.29 is 5.32 Å². The Kier molecular flexibility index (Phi) is 6.85. The van der Waals surface area contributed by atoms with Gasteiger partial charge in [-0.15, -0.1) is 0 Å². The number of allylic oxidation sites excluding steroid dienone is 2. The Labute approximate surface area is 302 Å². The Morgan fingerprint density at radius 2 is 1.60 bits per heavy atom. The number of quaternary nitrogens is 1. The molecule has 6 heteroatoms. The fourth-order valence-corrected chi connectivity index (χ4v) is 8.65. The molecule has 0 radical (unpaired) electrons. The van der Waals surface area contributed by atoms with E-state index in [9.17, 15) is 5.41 Å². The molecule has 0 fully saturated rings. The van der Waals surface area contributed by atoms with Crippen LogP contribution in [-0.4, -0.2) is 37.8 Å². The topological polar surface area (TPSA) is 58.5 Å². The quantitative estimate of drug-likeness (QED) is 0.143. The van der Waals surface area contributed by atoms with Crippen molar-refractivity contribution in [3.63, 3.8) is 0 Å². The van der Waals surface area contributed by atoms with Crippen molar-refractivity contribution in [3.8, 4) is 22.6 Å². The third kappa shape index (κ3) is 4.46. The molecule has 2 unspecified atom stereocenters. The lowest BCUT2D eigenvalue weighted by Crippen LogP contribution is -2.89. The summed E-state index contributed by atoms with van der Waals surface area (Å²) in [6.45, 7) is 2.35. The van der Waals surface area contributed by atoms with Crippen LogP contribution in [0.5, 0.6) is 0 Å². The predicted octanol–water partition coefficient (Wildman–Crippen LogP) is 8.67. The zero-order valence-electron chi connectivity index (χ0n) is 29.1. The van der Waals surface area contributed by atoms with Crippen molar-refractivity contribution in [1.82, 2.24) is 18.6 Å². The van der Waals surface area contributed by atoms with Crippen LogP contribution in [-0.2, 0) is 6.42 Å². The van der Waals surface area contributed by atoms with Gasteiger partial charge in [-0.2, -0.15) is 0 Å². The SMILES string of the molecule is CC1Cc2c(ccn2-c2ccccc2)-c2c1c1ccc#cc1n2-c1ccc2c(c1)c1ccccc1n2C(=N)N(C)C1[NH2+]C=CC=C1c1ccccc1. The van der Waals surface area contributed by atoms with E-state index < -0.39 is 0 Å². The van der Waals surface area contributed by atoms with E-state index in [-0.39, 0.29) is 6.17 Å². The van der Waals surface area contributed by atoms with Crippen molar-refractivity contribution in [2.45, 2.75) is 25.4 Å². The number of hydrogen-bond donors (Lipinski definition) is 2. The fourth-order valence-electron chi connectivity index (χ4n) is 8.65. The molecule has 52 heavy (non-hydrogen) atoms. The van der Waals surface area contributed by atoms with E-state index in [4.69, 9.17) is 0 Å². The molecule has 0 bridgehead atoms. The second-order valence-corrected chi connectivity index (χ2v) is 13.9. The average Bonchev–Trinajstić information content (AvgIpc) is 3.88. The molecule has 0 amide bonds. The number of nitrogens with zero attached hydrogens (tertiary/aromatic N) is 4. The van der Waals surface area contributed by atoms with Crippen molar-refractivity contribution in [2.24, 2.45) is 0 Å². The monoisotopic (exact) mass is 673 g/mol. The van der Waals surface area contributed by atoms with Crippen LogP contribution in [0.1, 0.15) is 29.7 Å². The number of aromatic nitrogens is 3. The molecule has 3 N–H and O–H groups in total. The maximum atomic E-state index is 9.71. The molecule has 2 aliphatic rings. The molecule has 250 valence electrons. The summed E-state index contributed by atoms with van der Waals surface area (Å²) >= 11 is 0. The number of rotatable bonds is 4. The first kappa shape index (κ1) is 30.3. The number of fused-ring (bicyclic) bond motifs is 8. The summed E-state index contributed by atoms with van der Waals surface area (Å²) in [6.07, 6.45) is 9.42. The first-order valence-corrected chi connectivity index (χ1v) is 17.9. The van der Waals surface area contributed by atoms with E-state index in [1.165, 1.54) is 39.2 Å². The van der Waals surface area contributed by atoms with E-state index in [0.717, 1.165) is 45.0 Å². The maximum Gasteiger partial charge on any atom is 0.207 e. The second kappa shape index (κ2) is 11.8. The normalized spacial score (nSPS) is 16.5. The summed E-state index contributed by atoms with van der Waals surface area (Å²) in [5.74, 6) is 0.743. The maximum absolute atomic E-state index is 9.71. The van der Waals surface area contributed by atoms with Crippen LogP contribution >= 0.6 is 0 Å². The lowest BCUT2D eigenvalue weighted by Gasteiger charge is -2.31. The smallest absolute Gasteiger partial charge is 0.207 e. The van der Waals surface area contributed by atoms with Gasteiger partial charge in [0, 0.05) is 57.6 Å². The Morgan fingerprint density at radius 3 is 2.44 bits per heavy atom. The Bertz CT molecular complexity index is 2740. The molecule has 4 heterocycles. The van der Waals surface area contributed by atoms with Crippen molar-refractivity contribution >= 4 is 44.2 Å². The van der Waals surface area contributed by atoms with Gasteiger partial charge in [-0.1, -0.05) is 79.7 Å². The summed E-state index contributed by atoms with van der Waals surface area (Å²) in [5, 5.41) is 15.3. The first-order valence-electron chi connectivity index (χ1n) is 17.9. The lowest BCUT2D eigenvalue weighted by molar-refractivity contribution is -0.629. The minimum Gasteiger partial charge on any atom is -0.320 e. The van der Waals surface area contributed by atoms with Gasteiger partial charge in [-0.25, -0.2) is 0 Å². The van der Waals surface area contributed by atoms with Crippen LogP contribution in [0.15, 0.2) is 146 Å². The average molecular weight is 674 g/mol. The molecule has 0 saturated carbocycles. The highest BCUT2D eigenvalue weighted by Crippen LogP contribution is 2.47. The van der Waals surface area contributed by atoms with E-state index in [1.54, 1.807) is 0 Å². The molecule has 0 saturated heterocycles. The summed E-state index contributed by atoms with van der Waals surface area (Å²) in [6, 6.07) is 49.6. The largest absolute Gasteiger partial charge is 0.320 e. The molecule has 1 aliphatic heterocycles. The van der Waals surface area contributed by atoms with Crippen LogP contribution in [0.4, 0.5) is 0 Å². The zero-order chi connectivity index (χ0) is 34.9. The molecule has 8 aromatic rings. The summed E-state index contributed by atoms with van der Waals surface area (Å²) < 4.78 is 6.85. The van der Waals surface area contributed by atoms with Gasteiger partial charge in [0.1, 0.15) is 5.52 Å². The fraction of sp³-hybridized carbons (Fsp3) is 0.109. The van der Waals surface area contributed by atoms with E-state index in [2.05, 4.69) is 177 Å². The molecule has 3 aromatic heterocycles. The third-order valence-electron chi connectivity index (χ3n) is 11.0. The molecule has 5 aromatic carbocycles. The molecule has 2 atom stereocenters. The highest BCUT2D eigenvalue weighted by atomic mass is 15.4. The number of likely N-dealkylation sites (N-methyl/N-ethyl adjacent to an activating group) is 1. The predicted molar refractivity (Wildman–Crippen MR) is 211 cm³/mol. The van der Waals surface area contributed by atoms with Crippen LogP contribution in [0, 0.1) is 17.5 Å². The number of para-hydroxylation sites is 2. The van der Waals surface area contributed by atoms with Gasteiger partial charge in [-0.3, -0.25) is 20.2 Å². The molecule has 0 spiro atoms.